The van der Waals surface area contributed by atoms with Crippen molar-refractivity contribution in [3.05, 3.63) is 35.4 Å². The van der Waals surface area contributed by atoms with Crippen molar-refractivity contribution >= 4 is 5.78 Å². The van der Waals surface area contributed by atoms with Crippen molar-refractivity contribution in [3.63, 3.8) is 0 Å². The van der Waals surface area contributed by atoms with Gasteiger partial charge < -0.3 is 0 Å². The van der Waals surface area contributed by atoms with E-state index in [-0.39, 0.29) is 5.41 Å². The molecule has 0 radical (unpaired) electrons. The lowest BCUT2D eigenvalue weighted by atomic mass is 9.86. The van der Waals surface area contributed by atoms with Crippen LogP contribution >= 0.6 is 0 Å². The number of benzene rings is 1. The molecule has 1 fully saturated rings. The number of rotatable bonds is 3. The number of carbonyl (C=O) groups excluding carboxylic acids is 1. The zero-order chi connectivity index (χ0) is 14.8. The summed E-state index contributed by atoms with van der Waals surface area (Å²) in [4.78, 5) is 13.7. The highest BCUT2D eigenvalue weighted by Gasteiger charge is 2.22. The molecule has 2 nitrogen and oxygen atoms in total. The minimum Gasteiger partial charge on any atom is -0.300 e. The van der Waals surface area contributed by atoms with Crippen LogP contribution in [-0.4, -0.2) is 23.8 Å². The van der Waals surface area contributed by atoms with Crippen molar-refractivity contribution in [1.29, 1.82) is 0 Å². The Labute approximate surface area is 123 Å². The van der Waals surface area contributed by atoms with Gasteiger partial charge in [-0.3, -0.25) is 9.69 Å². The van der Waals surface area contributed by atoms with Crippen LogP contribution in [-0.2, 0) is 16.8 Å². The first-order chi connectivity index (χ1) is 9.36. The lowest BCUT2D eigenvalue weighted by Crippen LogP contribution is -2.34. The SMILES string of the molecule is CN(Cc1ccc(C(C)(C)C)cc1)C1CCC(=O)CC1. The fourth-order valence-electron chi connectivity index (χ4n) is 2.89. The maximum Gasteiger partial charge on any atom is 0.133 e. The molecule has 1 aromatic rings. The molecule has 0 spiro atoms. The molecule has 20 heavy (non-hydrogen) atoms. The van der Waals surface area contributed by atoms with Crippen molar-refractivity contribution in [2.24, 2.45) is 0 Å². The normalized spacial score (nSPS) is 17.8. The largest absolute Gasteiger partial charge is 0.300 e. The van der Waals surface area contributed by atoms with Gasteiger partial charge in [-0.1, -0.05) is 45.0 Å². The maximum absolute atomic E-state index is 11.3. The molecule has 0 saturated heterocycles. The number of Topliss-reactive ketones (excluding diaryl/α,β-unsaturated/α-hetero) is 1. The average molecular weight is 273 g/mol. The van der Waals surface area contributed by atoms with E-state index in [4.69, 9.17) is 0 Å². The summed E-state index contributed by atoms with van der Waals surface area (Å²) in [5.41, 5.74) is 2.96. The van der Waals surface area contributed by atoms with Crippen LogP contribution < -0.4 is 0 Å². The van der Waals surface area contributed by atoms with Crippen molar-refractivity contribution in [1.82, 2.24) is 4.90 Å². The van der Waals surface area contributed by atoms with Crippen molar-refractivity contribution < 1.29 is 4.79 Å². The molecular formula is C18H27NO. The van der Waals surface area contributed by atoms with Crippen molar-refractivity contribution in [2.45, 2.75) is 64.5 Å². The monoisotopic (exact) mass is 273 g/mol. The van der Waals surface area contributed by atoms with Crippen molar-refractivity contribution in [2.75, 3.05) is 7.05 Å². The average Bonchev–Trinajstić information content (AvgIpc) is 2.39. The zero-order valence-electron chi connectivity index (χ0n) is 13.3. The van der Waals surface area contributed by atoms with E-state index in [0.717, 1.165) is 32.2 Å². The molecule has 2 rings (SSSR count). The van der Waals surface area contributed by atoms with Crippen LogP contribution in [0.4, 0.5) is 0 Å². The first kappa shape index (κ1) is 15.2. The standard InChI is InChI=1S/C18H27NO/c1-18(2,3)15-7-5-14(6-8-15)13-19(4)16-9-11-17(20)12-10-16/h5-8,16H,9-13H2,1-4H3. The van der Waals surface area contributed by atoms with Crippen LogP contribution in [0.1, 0.15) is 57.6 Å². The van der Waals surface area contributed by atoms with Crippen LogP contribution in [0.25, 0.3) is 0 Å². The van der Waals surface area contributed by atoms with E-state index in [1.54, 1.807) is 0 Å². The third-order valence-electron chi connectivity index (χ3n) is 4.39. The Morgan fingerprint density at radius 2 is 1.65 bits per heavy atom. The molecule has 0 unspecified atom stereocenters. The Bertz CT molecular complexity index is 445. The molecule has 0 N–H and O–H groups in total. The van der Waals surface area contributed by atoms with E-state index in [1.165, 1.54) is 11.1 Å². The highest BCUT2D eigenvalue weighted by molar-refractivity contribution is 5.79. The van der Waals surface area contributed by atoms with Crippen LogP contribution in [0, 0.1) is 0 Å². The topological polar surface area (TPSA) is 20.3 Å². The summed E-state index contributed by atoms with van der Waals surface area (Å²) in [6.45, 7) is 7.71. The number of nitrogens with zero attached hydrogens (tertiary/aromatic N) is 1. The summed E-state index contributed by atoms with van der Waals surface area (Å²) >= 11 is 0. The Morgan fingerprint density at radius 1 is 1.10 bits per heavy atom. The van der Waals surface area contributed by atoms with E-state index < -0.39 is 0 Å². The Kier molecular flexibility index (Phi) is 4.64. The van der Waals surface area contributed by atoms with Gasteiger partial charge in [-0.2, -0.15) is 0 Å². The molecule has 110 valence electrons. The van der Waals surface area contributed by atoms with Gasteiger partial charge in [-0.05, 0) is 36.4 Å². The maximum atomic E-state index is 11.3. The van der Waals surface area contributed by atoms with Gasteiger partial charge in [0.2, 0.25) is 0 Å². The summed E-state index contributed by atoms with van der Waals surface area (Å²) in [7, 11) is 2.18. The predicted octanol–water partition coefficient (Wildman–Crippen LogP) is 3.93. The Morgan fingerprint density at radius 3 is 2.15 bits per heavy atom. The molecule has 0 heterocycles. The molecule has 0 amide bonds. The third kappa shape index (κ3) is 3.92. The second-order valence-electron chi connectivity index (χ2n) is 7.13. The van der Waals surface area contributed by atoms with Gasteiger partial charge in [0.1, 0.15) is 5.78 Å². The van der Waals surface area contributed by atoms with Crippen LogP contribution in [0.5, 0.6) is 0 Å². The van der Waals surface area contributed by atoms with Crippen molar-refractivity contribution in [3.8, 4) is 0 Å². The summed E-state index contributed by atoms with van der Waals surface area (Å²) in [5, 5.41) is 0. The van der Waals surface area contributed by atoms with E-state index in [1.807, 2.05) is 0 Å². The second-order valence-corrected chi connectivity index (χ2v) is 7.13. The first-order valence-electron chi connectivity index (χ1n) is 7.67. The second kappa shape index (κ2) is 6.09. The van der Waals surface area contributed by atoms with Gasteiger partial charge >= 0.3 is 0 Å². The molecule has 1 aliphatic carbocycles. The fraction of sp³-hybridized carbons (Fsp3) is 0.611. The highest BCUT2D eigenvalue weighted by Crippen LogP contribution is 2.24. The van der Waals surface area contributed by atoms with E-state index in [0.29, 0.717) is 11.8 Å². The molecule has 0 aromatic heterocycles. The van der Waals surface area contributed by atoms with Gasteiger partial charge in [0.25, 0.3) is 0 Å². The fourth-order valence-corrected chi connectivity index (χ4v) is 2.89. The smallest absolute Gasteiger partial charge is 0.133 e. The molecule has 0 atom stereocenters. The van der Waals surface area contributed by atoms with Gasteiger partial charge in [0, 0.05) is 25.4 Å². The third-order valence-corrected chi connectivity index (χ3v) is 4.39. The van der Waals surface area contributed by atoms with Gasteiger partial charge in [0.15, 0.2) is 0 Å². The number of ketones is 1. The van der Waals surface area contributed by atoms with Crippen LogP contribution in [0.3, 0.4) is 0 Å². The van der Waals surface area contributed by atoms with E-state index in [2.05, 4.69) is 57.0 Å². The Balaban J connectivity index is 1.94. The molecule has 0 bridgehead atoms. The molecule has 2 heteroatoms. The van der Waals surface area contributed by atoms with Gasteiger partial charge in [-0.15, -0.1) is 0 Å². The zero-order valence-corrected chi connectivity index (χ0v) is 13.3. The summed E-state index contributed by atoms with van der Waals surface area (Å²) in [6.07, 6.45) is 3.57. The minimum absolute atomic E-state index is 0.216. The summed E-state index contributed by atoms with van der Waals surface area (Å²) in [5.74, 6) is 0.434. The van der Waals surface area contributed by atoms with Gasteiger partial charge in [0.05, 0.1) is 0 Å². The van der Waals surface area contributed by atoms with Crippen LogP contribution in [0.15, 0.2) is 24.3 Å². The lowest BCUT2D eigenvalue weighted by Gasteiger charge is -2.30. The van der Waals surface area contributed by atoms with E-state index in [9.17, 15) is 4.79 Å². The number of carbonyl (C=O) groups is 1. The quantitative estimate of drug-likeness (QED) is 0.831. The summed E-state index contributed by atoms with van der Waals surface area (Å²) < 4.78 is 0. The summed E-state index contributed by atoms with van der Waals surface area (Å²) in [6, 6.07) is 9.53. The molecule has 1 saturated carbocycles. The number of hydrogen-bond donors (Lipinski definition) is 0. The molecule has 1 aromatic carbocycles. The molecule has 0 aliphatic heterocycles. The highest BCUT2D eigenvalue weighted by atomic mass is 16.1. The molecule has 1 aliphatic rings. The Hall–Kier alpha value is -1.15. The van der Waals surface area contributed by atoms with Gasteiger partial charge in [-0.25, -0.2) is 0 Å². The first-order valence-corrected chi connectivity index (χ1v) is 7.67. The van der Waals surface area contributed by atoms with E-state index >= 15 is 0 Å². The lowest BCUT2D eigenvalue weighted by molar-refractivity contribution is -0.121. The minimum atomic E-state index is 0.216. The van der Waals surface area contributed by atoms with Crippen LogP contribution in [0.2, 0.25) is 0 Å². The molecular weight excluding hydrogens is 246 g/mol. The number of hydrogen-bond acceptors (Lipinski definition) is 2. The predicted molar refractivity (Wildman–Crippen MR) is 83.9 cm³/mol.